The molecule has 0 bridgehead atoms. The molecule has 1 atom stereocenters. The van der Waals surface area contributed by atoms with E-state index >= 15 is 0 Å². The van der Waals surface area contributed by atoms with Crippen molar-refractivity contribution in [3.05, 3.63) is 0 Å². The van der Waals surface area contributed by atoms with Crippen LogP contribution in [0.4, 0.5) is 0 Å². The summed E-state index contributed by atoms with van der Waals surface area (Å²) in [4.78, 5) is 10.9. The summed E-state index contributed by atoms with van der Waals surface area (Å²) >= 11 is 0. The summed E-state index contributed by atoms with van der Waals surface area (Å²) in [5.41, 5.74) is -0.671. The van der Waals surface area contributed by atoms with Gasteiger partial charge in [-0.25, -0.2) is 4.79 Å². The number of ether oxygens (including phenoxy) is 2. The van der Waals surface area contributed by atoms with Gasteiger partial charge < -0.3 is 19.9 Å². The molecule has 102 valence electrons. The van der Waals surface area contributed by atoms with Crippen LogP contribution in [0.1, 0.15) is 33.6 Å². The maximum Gasteiger partial charge on any atom is 0.332 e. The summed E-state index contributed by atoms with van der Waals surface area (Å²) in [5, 5.41) is 12.9. The number of rotatable bonds is 10. The first kappa shape index (κ1) is 16.4. The van der Waals surface area contributed by atoms with Gasteiger partial charge in [0, 0.05) is 13.1 Å². The predicted molar refractivity (Wildman–Crippen MR) is 65.9 cm³/mol. The van der Waals surface area contributed by atoms with E-state index in [0.717, 1.165) is 12.8 Å². The molecule has 17 heavy (non-hydrogen) atoms. The van der Waals surface area contributed by atoms with E-state index in [4.69, 9.17) is 9.47 Å². The van der Waals surface area contributed by atoms with Gasteiger partial charge in [0.2, 0.25) is 0 Å². The second-order valence-corrected chi connectivity index (χ2v) is 4.28. The van der Waals surface area contributed by atoms with Crippen LogP contribution < -0.4 is 5.32 Å². The highest BCUT2D eigenvalue weighted by Gasteiger charge is 2.17. The number of carbonyl (C=O) groups is 1. The van der Waals surface area contributed by atoms with Crippen LogP contribution in [-0.2, 0) is 14.3 Å². The molecule has 0 aromatic rings. The molecule has 0 fully saturated rings. The largest absolute Gasteiger partial charge is 0.464 e. The van der Waals surface area contributed by atoms with Gasteiger partial charge in [0.05, 0.1) is 18.8 Å². The topological polar surface area (TPSA) is 67.8 Å². The van der Waals surface area contributed by atoms with E-state index in [1.807, 2.05) is 13.8 Å². The van der Waals surface area contributed by atoms with Crippen molar-refractivity contribution in [2.75, 3.05) is 32.9 Å². The lowest BCUT2D eigenvalue weighted by molar-refractivity contribution is -0.148. The van der Waals surface area contributed by atoms with Gasteiger partial charge in [0.15, 0.2) is 0 Å². The highest BCUT2D eigenvalue weighted by Crippen LogP contribution is 2.09. The molecule has 0 amide bonds. The molecule has 1 unspecified atom stereocenters. The molecule has 0 saturated heterocycles. The summed E-state index contributed by atoms with van der Waals surface area (Å²) in [6, 6.07) is 0. The van der Waals surface area contributed by atoms with Crippen LogP contribution in [0, 0.1) is 0 Å². The highest BCUT2D eigenvalue weighted by atomic mass is 16.6. The smallest absolute Gasteiger partial charge is 0.332 e. The predicted octanol–water partition coefficient (Wildman–Crippen LogP) is 0.707. The van der Waals surface area contributed by atoms with Crippen LogP contribution in [0.25, 0.3) is 0 Å². The molecule has 0 aromatic carbocycles. The lowest BCUT2D eigenvalue weighted by atomic mass is 10.0. The minimum absolute atomic E-state index is 0.0130. The third kappa shape index (κ3) is 10.2. The van der Waals surface area contributed by atoms with E-state index in [2.05, 4.69) is 5.32 Å². The standard InChI is InChI=1S/C12H25NO4/c1-4-6-12(3,15)10-13-7-8-16-9-11(14)17-5-2/h13,15H,4-10H2,1-3H3. The van der Waals surface area contributed by atoms with Crippen molar-refractivity contribution in [1.82, 2.24) is 5.32 Å². The van der Waals surface area contributed by atoms with Gasteiger partial charge in [-0.1, -0.05) is 13.3 Å². The van der Waals surface area contributed by atoms with Crippen LogP contribution in [0.15, 0.2) is 0 Å². The summed E-state index contributed by atoms with van der Waals surface area (Å²) in [5.74, 6) is -0.342. The highest BCUT2D eigenvalue weighted by molar-refractivity contribution is 5.70. The van der Waals surface area contributed by atoms with Crippen molar-refractivity contribution < 1.29 is 19.4 Å². The lowest BCUT2D eigenvalue weighted by Crippen LogP contribution is -2.39. The van der Waals surface area contributed by atoms with Crippen molar-refractivity contribution in [3.63, 3.8) is 0 Å². The number of nitrogens with one attached hydrogen (secondary N) is 1. The monoisotopic (exact) mass is 247 g/mol. The fourth-order valence-electron chi connectivity index (χ4n) is 1.49. The van der Waals surface area contributed by atoms with Gasteiger partial charge in [0.25, 0.3) is 0 Å². The fourth-order valence-corrected chi connectivity index (χ4v) is 1.49. The van der Waals surface area contributed by atoms with Crippen LogP contribution >= 0.6 is 0 Å². The Hall–Kier alpha value is -0.650. The Morgan fingerprint density at radius 3 is 2.71 bits per heavy atom. The lowest BCUT2D eigenvalue weighted by Gasteiger charge is -2.22. The Labute approximate surface area is 103 Å². The second kappa shape index (κ2) is 9.39. The van der Waals surface area contributed by atoms with Crippen molar-refractivity contribution in [2.24, 2.45) is 0 Å². The van der Waals surface area contributed by atoms with Crippen molar-refractivity contribution in [1.29, 1.82) is 0 Å². The molecule has 5 heteroatoms. The van der Waals surface area contributed by atoms with E-state index in [9.17, 15) is 9.90 Å². The Kier molecular flexibility index (Phi) is 9.03. The molecule has 2 N–H and O–H groups in total. The molecule has 0 aliphatic heterocycles. The number of aliphatic hydroxyl groups is 1. The molecule has 0 radical (unpaired) electrons. The summed E-state index contributed by atoms with van der Waals surface area (Å²) < 4.78 is 9.81. The van der Waals surface area contributed by atoms with Crippen LogP contribution in [0.3, 0.4) is 0 Å². The molecule has 0 rings (SSSR count). The molecular weight excluding hydrogens is 222 g/mol. The molecule has 0 aliphatic rings. The molecule has 5 nitrogen and oxygen atoms in total. The normalized spacial score (nSPS) is 14.4. The summed E-state index contributed by atoms with van der Waals surface area (Å²) in [7, 11) is 0. The van der Waals surface area contributed by atoms with Crippen molar-refractivity contribution >= 4 is 5.97 Å². The minimum atomic E-state index is -0.671. The Bertz CT molecular complexity index is 207. The van der Waals surface area contributed by atoms with E-state index in [1.165, 1.54) is 0 Å². The zero-order valence-electron chi connectivity index (χ0n) is 11.1. The molecule has 0 saturated carbocycles. The molecule has 0 aromatic heterocycles. The maximum absolute atomic E-state index is 10.9. The van der Waals surface area contributed by atoms with E-state index in [1.54, 1.807) is 6.92 Å². The first-order chi connectivity index (χ1) is 8.02. The van der Waals surface area contributed by atoms with Crippen LogP contribution in [-0.4, -0.2) is 49.6 Å². The maximum atomic E-state index is 10.9. The van der Waals surface area contributed by atoms with Crippen LogP contribution in [0.5, 0.6) is 0 Å². The Balaban J connectivity index is 3.37. The van der Waals surface area contributed by atoms with Crippen molar-refractivity contribution in [2.45, 2.75) is 39.2 Å². The van der Waals surface area contributed by atoms with E-state index in [0.29, 0.717) is 26.3 Å². The second-order valence-electron chi connectivity index (χ2n) is 4.28. The number of esters is 1. The van der Waals surface area contributed by atoms with E-state index in [-0.39, 0.29) is 12.6 Å². The van der Waals surface area contributed by atoms with Gasteiger partial charge in [-0.05, 0) is 20.3 Å². The number of hydrogen-bond donors (Lipinski definition) is 2. The fraction of sp³-hybridized carbons (Fsp3) is 0.917. The van der Waals surface area contributed by atoms with Gasteiger partial charge in [0.1, 0.15) is 6.61 Å². The van der Waals surface area contributed by atoms with Gasteiger partial charge >= 0.3 is 5.97 Å². The Morgan fingerprint density at radius 1 is 1.41 bits per heavy atom. The average molecular weight is 247 g/mol. The first-order valence-electron chi connectivity index (χ1n) is 6.18. The molecule has 0 spiro atoms. The molecular formula is C12H25NO4. The molecule has 0 heterocycles. The van der Waals surface area contributed by atoms with Crippen molar-refractivity contribution in [3.8, 4) is 0 Å². The van der Waals surface area contributed by atoms with Gasteiger partial charge in [-0.2, -0.15) is 0 Å². The molecule has 0 aliphatic carbocycles. The zero-order chi connectivity index (χ0) is 13.1. The van der Waals surface area contributed by atoms with Crippen LogP contribution in [0.2, 0.25) is 0 Å². The van der Waals surface area contributed by atoms with Gasteiger partial charge in [-0.15, -0.1) is 0 Å². The number of carbonyl (C=O) groups excluding carboxylic acids is 1. The third-order valence-electron chi connectivity index (χ3n) is 2.24. The first-order valence-corrected chi connectivity index (χ1v) is 6.18. The quantitative estimate of drug-likeness (QED) is 0.439. The minimum Gasteiger partial charge on any atom is -0.464 e. The average Bonchev–Trinajstić information content (AvgIpc) is 2.23. The summed E-state index contributed by atoms with van der Waals surface area (Å²) in [6.45, 7) is 7.54. The van der Waals surface area contributed by atoms with Gasteiger partial charge in [-0.3, -0.25) is 0 Å². The zero-order valence-corrected chi connectivity index (χ0v) is 11.1. The summed E-state index contributed by atoms with van der Waals surface area (Å²) in [6.07, 6.45) is 1.72. The number of hydrogen-bond acceptors (Lipinski definition) is 5. The van der Waals surface area contributed by atoms with E-state index < -0.39 is 5.60 Å². The SMILES string of the molecule is CCCC(C)(O)CNCCOCC(=O)OCC. The third-order valence-corrected chi connectivity index (χ3v) is 2.24. The Morgan fingerprint density at radius 2 is 2.12 bits per heavy atom.